The van der Waals surface area contributed by atoms with E-state index in [1.807, 2.05) is 13.8 Å². The summed E-state index contributed by atoms with van der Waals surface area (Å²) in [6.07, 6.45) is 0. The van der Waals surface area contributed by atoms with Crippen LogP contribution in [0.5, 0.6) is 0 Å². The van der Waals surface area contributed by atoms with Crippen LogP contribution in [0.4, 0.5) is 14.5 Å². The van der Waals surface area contributed by atoms with Crippen molar-refractivity contribution < 1.29 is 18.5 Å². The summed E-state index contributed by atoms with van der Waals surface area (Å²) in [5, 5.41) is 10.7. The minimum absolute atomic E-state index is 0.117. The number of rotatable bonds is 2. The summed E-state index contributed by atoms with van der Waals surface area (Å²) in [6, 6.07) is 0.943. The summed E-state index contributed by atoms with van der Waals surface area (Å²) in [7, 11) is 0. The molecule has 114 valence electrons. The molecule has 2 atom stereocenters. The Balaban J connectivity index is 2.35. The molecule has 0 bridgehead atoms. The molecule has 0 N–H and O–H groups in total. The molecule has 1 heterocycles. The van der Waals surface area contributed by atoms with Crippen molar-refractivity contribution in [2.45, 2.75) is 25.1 Å². The first-order chi connectivity index (χ1) is 9.82. The Labute approximate surface area is 124 Å². The Hall–Kier alpha value is -1.70. The van der Waals surface area contributed by atoms with Gasteiger partial charge < -0.3 is 4.90 Å². The van der Waals surface area contributed by atoms with Crippen molar-refractivity contribution >= 4 is 23.4 Å². The molecule has 2 rings (SSSR count). The van der Waals surface area contributed by atoms with Crippen LogP contribution in [0.1, 0.15) is 24.2 Å². The van der Waals surface area contributed by atoms with Crippen molar-refractivity contribution in [2.24, 2.45) is 0 Å². The minimum atomic E-state index is -1.21. The molecule has 0 radical (unpaired) electrons. The van der Waals surface area contributed by atoms with Crippen molar-refractivity contribution in [3.63, 3.8) is 0 Å². The lowest BCUT2D eigenvalue weighted by Gasteiger charge is -2.37. The van der Waals surface area contributed by atoms with Gasteiger partial charge in [0, 0.05) is 23.6 Å². The molecule has 2 unspecified atom stereocenters. The fourth-order valence-corrected chi connectivity index (χ4v) is 3.31. The molecule has 1 aromatic carbocycles. The van der Waals surface area contributed by atoms with E-state index in [-0.39, 0.29) is 11.3 Å². The van der Waals surface area contributed by atoms with E-state index < -0.39 is 33.7 Å². The Morgan fingerprint density at radius 2 is 2.05 bits per heavy atom. The highest BCUT2D eigenvalue weighted by Crippen LogP contribution is 2.28. The van der Waals surface area contributed by atoms with Gasteiger partial charge in [0.1, 0.15) is 5.82 Å². The van der Waals surface area contributed by atoms with Crippen LogP contribution in [-0.2, 0) is 0 Å². The average molecular weight is 316 g/mol. The third-order valence-electron chi connectivity index (χ3n) is 3.61. The second-order valence-electron chi connectivity index (χ2n) is 4.86. The van der Waals surface area contributed by atoms with Gasteiger partial charge in [-0.2, -0.15) is 16.2 Å². The van der Waals surface area contributed by atoms with Crippen LogP contribution >= 0.6 is 11.8 Å². The monoisotopic (exact) mass is 316 g/mol. The molecule has 0 aromatic heterocycles. The summed E-state index contributed by atoms with van der Waals surface area (Å²) >= 11 is 1.71. The zero-order valence-electron chi connectivity index (χ0n) is 11.5. The lowest BCUT2D eigenvalue weighted by atomic mass is 10.1. The number of nitro benzene ring substituents is 1. The van der Waals surface area contributed by atoms with Crippen molar-refractivity contribution in [2.75, 3.05) is 12.3 Å². The third kappa shape index (κ3) is 2.99. The number of hydrogen-bond donors (Lipinski definition) is 0. The number of benzene rings is 1. The maximum Gasteiger partial charge on any atom is 0.307 e. The van der Waals surface area contributed by atoms with Crippen LogP contribution in [0.15, 0.2) is 12.1 Å². The third-order valence-corrected chi connectivity index (χ3v) is 4.95. The van der Waals surface area contributed by atoms with Crippen molar-refractivity contribution in [3.8, 4) is 0 Å². The van der Waals surface area contributed by atoms with Crippen molar-refractivity contribution in [3.05, 3.63) is 39.4 Å². The molecule has 1 aliphatic heterocycles. The molecule has 8 heteroatoms. The van der Waals surface area contributed by atoms with E-state index in [9.17, 15) is 23.7 Å². The van der Waals surface area contributed by atoms with Crippen LogP contribution in [0.2, 0.25) is 0 Å². The van der Waals surface area contributed by atoms with Gasteiger partial charge in [-0.15, -0.1) is 0 Å². The summed E-state index contributed by atoms with van der Waals surface area (Å²) in [4.78, 5) is 23.4. The SMILES string of the molecule is CC1SCCN(C(=O)c2cc(F)c([N+](=O)[O-])cc2F)C1C. The quantitative estimate of drug-likeness (QED) is 0.622. The first-order valence-electron chi connectivity index (χ1n) is 6.39. The molecule has 1 saturated heterocycles. The van der Waals surface area contributed by atoms with Gasteiger partial charge in [-0.1, -0.05) is 6.92 Å². The van der Waals surface area contributed by atoms with Gasteiger partial charge in [-0.3, -0.25) is 14.9 Å². The number of nitro groups is 1. The molecule has 0 saturated carbocycles. The molecule has 21 heavy (non-hydrogen) atoms. The highest BCUT2D eigenvalue weighted by atomic mass is 32.2. The molecular formula is C13H14F2N2O3S. The number of hydrogen-bond acceptors (Lipinski definition) is 4. The zero-order chi connectivity index (χ0) is 15.7. The number of thioether (sulfide) groups is 1. The largest absolute Gasteiger partial charge is 0.334 e. The standard InChI is InChI=1S/C13H14F2N2O3S/c1-7-8(2)21-4-3-16(7)13(18)9-5-11(15)12(17(19)20)6-10(9)14/h5-8H,3-4H2,1-2H3. The Morgan fingerprint density at radius 1 is 1.38 bits per heavy atom. The van der Waals surface area contributed by atoms with E-state index in [1.54, 1.807) is 11.8 Å². The average Bonchev–Trinajstić information content (AvgIpc) is 2.43. The van der Waals surface area contributed by atoms with Gasteiger partial charge in [-0.05, 0) is 13.0 Å². The van der Waals surface area contributed by atoms with Gasteiger partial charge in [0.15, 0.2) is 0 Å². The van der Waals surface area contributed by atoms with E-state index in [1.165, 1.54) is 4.90 Å². The molecule has 0 spiro atoms. The van der Waals surface area contributed by atoms with Crippen molar-refractivity contribution in [1.82, 2.24) is 4.90 Å². The molecule has 1 aliphatic rings. The smallest absolute Gasteiger partial charge is 0.307 e. The summed E-state index contributed by atoms with van der Waals surface area (Å²) in [5.41, 5.74) is -1.44. The number of carbonyl (C=O) groups excluding carboxylic acids is 1. The van der Waals surface area contributed by atoms with Crippen LogP contribution in [0, 0.1) is 21.7 Å². The summed E-state index contributed by atoms with van der Waals surface area (Å²) in [6.45, 7) is 4.24. The molecule has 5 nitrogen and oxygen atoms in total. The normalized spacial score (nSPS) is 22.2. The summed E-state index contributed by atoms with van der Waals surface area (Å²) < 4.78 is 27.5. The lowest BCUT2D eigenvalue weighted by molar-refractivity contribution is -0.387. The van der Waals surface area contributed by atoms with E-state index in [4.69, 9.17) is 0 Å². The van der Waals surface area contributed by atoms with Gasteiger partial charge in [0.2, 0.25) is 5.82 Å². The second-order valence-corrected chi connectivity index (χ2v) is 6.34. The Morgan fingerprint density at radius 3 is 2.67 bits per heavy atom. The number of amides is 1. The number of nitrogens with zero attached hydrogens (tertiary/aromatic N) is 2. The van der Waals surface area contributed by atoms with E-state index in [2.05, 4.69) is 0 Å². The molecule has 1 aromatic rings. The Bertz CT molecular complexity index is 597. The minimum Gasteiger partial charge on any atom is -0.334 e. The predicted octanol–water partition coefficient (Wildman–Crippen LogP) is 2.84. The lowest BCUT2D eigenvalue weighted by Crippen LogP contribution is -2.48. The van der Waals surface area contributed by atoms with Crippen LogP contribution in [-0.4, -0.2) is 39.3 Å². The maximum absolute atomic E-state index is 13.9. The van der Waals surface area contributed by atoms with E-state index in [0.29, 0.717) is 24.4 Å². The fraction of sp³-hybridized carbons (Fsp3) is 0.462. The highest BCUT2D eigenvalue weighted by Gasteiger charge is 2.32. The van der Waals surface area contributed by atoms with Crippen LogP contribution in [0.3, 0.4) is 0 Å². The fourth-order valence-electron chi connectivity index (χ4n) is 2.21. The number of carbonyl (C=O) groups is 1. The van der Waals surface area contributed by atoms with Gasteiger partial charge in [0.25, 0.3) is 5.91 Å². The predicted molar refractivity (Wildman–Crippen MR) is 75.4 cm³/mol. The van der Waals surface area contributed by atoms with Gasteiger partial charge >= 0.3 is 5.69 Å². The first-order valence-corrected chi connectivity index (χ1v) is 7.43. The number of halogens is 2. The van der Waals surface area contributed by atoms with E-state index >= 15 is 0 Å². The molecule has 1 amide bonds. The van der Waals surface area contributed by atoms with Gasteiger partial charge in [0.05, 0.1) is 16.6 Å². The maximum atomic E-state index is 13.9. The topological polar surface area (TPSA) is 63.5 Å². The molecular weight excluding hydrogens is 302 g/mol. The van der Waals surface area contributed by atoms with Gasteiger partial charge in [-0.25, -0.2) is 4.39 Å². The van der Waals surface area contributed by atoms with E-state index in [0.717, 1.165) is 0 Å². The first kappa shape index (κ1) is 15.7. The Kier molecular flexibility index (Phi) is 4.46. The van der Waals surface area contributed by atoms with Crippen LogP contribution in [0.25, 0.3) is 0 Å². The highest BCUT2D eigenvalue weighted by molar-refractivity contribution is 8.00. The molecule has 1 fully saturated rings. The van der Waals surface area contributed by atoms with Crippen molar-refractivity contribution in [1.29, 1.82) is 0 Å². The molecule has 0 aliphatic carbocycles. The summed E-state index contributed by atoms with van der Waals surface area (Å²) in [5.74, 6) is -2.21. The van der Waals surface area contributed by atoms with Crippen LogP contribution < -0.4 is 0 Å². The zero-order valence-corrected chi connectivity index (χ0v) is 12.3. The second kappa shape index (κ2) is 5.97.